The fourth-order valence-electron chi connectivity index (χ4n) is 1.01. The second-order valence-corrected chi connectivity index (χ2v) is 3.25. The summed E-state index contributed by atoms with van der Waals surface area (Å²) in [7, 11) is 0. The molecule has 0 rings (SSSR count). The van der Waals surface area contributed by atoms with E-state index in [1.807, 2.05) is 0 Å². The molecule has 7 nitrogen and oxygen atoms in total. The monoisotopic (exact) mass is 233 g/mol. The van der Waals surface area contributed by atoms with Gasteiger partial charge in [0.1, 0.15) is 0 Å². The van der Waals surface area contributed by atoms with Crippen molar-refractivity contribution in [2.75, 3.05) is 13.2 Å². The minimum atomic E-state index is -1.10. The molecule has 0 bridgehead atoms. The Bertz CT molecular complexity index is 265. The third-order valence-corrected chi connectivity index (χ3v) is 1.94. The standard InChI is InChI=1S/C9H15NO6/c11-4-3-6(9(15)16)5-10-7(12)1-2-8(13)14/h6,11H,1-5H2,(H,10,12)(H,13,14)(H,15,16)/t6-/m1/s1. The minimum absolute atomic E-state index is 0.0501. The number of aliphatic hydroxyl groups is 1. The SMILES string of the molecule is O=C(O)CCC(=O)NC[C@@H](CCO)C(=O)O. The molecule has 0 heterocycles. The number of aliphatic hydroxyl groups excluding tert-OH is 1. The fourth-order valence-corrected chi connectivity index (χ4v) is 1.01. The lowest BCUT2D eigenvalue weighted by molar-refractivity contribution is -0.142. The van der Waals surface area contributed by atoms with Gasteiger partial charge in [0.05, 0.1) is 12.3 Å². The van der Waals surface area contributed by atoms with Crippen LogP contribution in [0.4, 0.5) is 0 Å². The van der Waals surface area contributed by atoms with Crippen molar-refractivity contribution >= 4 is 17.8 Å². The summed E-state index contributed by atoms with van der Waals surface area (Å²) in [6, 6.07) is 0. The van der Waals surface area contributed by atoms with Crippen molar-refractivity contribution in [3.05, 3.63) is 0 Å². The number of hydrogen-bond donors (Lipinski definition) is 4. The van der Waals surface area contributed by atoms with Crippen molar-refractivity contribution in [3.63, 3.8) is 0 Å². The predicted molar refractivity (Wildman–Crippen MR) is 52.7 cm³/mol. The molecule has 0 aliphatic heterocycles. The highest BCUT2D eigenvalue weighted by Crippen LogP contribution is 2.01. The normalized spacial score (nSPS) is 11.8. The Labute approximate surface area is 92.1 Å². The minimum Gasteiger partial charge on any atom is -0.481 e. The maximum absolute atomic E-state index is 11.0. The summed E-state index contributed by atoms with van der Waals surface area (Å²) >= 11 is 0. The van der Waals surface area contributed by atoms with Gasteiger partial charge in [0.15, 0.2) is 0 Å². The summed E-state index contributed by atoms with van der Waals surface area (Å²) in [5.41, 5.74) is 0. The largest absolute Gasteiger partial charge is 0.481 e. The molecular formula is C9H15NO6. The highest BCUT2D eigenvalue weighted by molar-refractivity contribution is 5.81. The van der Waals surface area contributed by atoms with E-state index in [-0.39, 0.29) is 32.4 Å². The third-order valence-electron chi connectivity index (χ3n) is 1.94. The summed E-state index contributed by atoms with van der Waals surface area (Å²) < 4.78 is 0. The van der Waals surface area contributed by atoms with E-state index in [4.69, 9.17) is 15.3 Å². The first-order valence-corrected chi connectivity index (χ1v) is 4.79. The average Bonchev–Trinajstić information content (AvgIpc) is 2.20. The quantitative estimate of drug-likeness (QED) is 0.428. The Morgan fingerprint density at radius 3 is 2.19 bits per heavy atom. The molecule has 0 unspecified atom stereocenters. The molecule has 0 aromatic heterocycles. The number of amides is 1. The number of aliphatic carboxylic acids is 2. The Kier molecular flexibility index (Phi) is 6.86. The van der Waals surface area contributed by atoms with Gasteiger partial charge >= 0.3 is 11.9 Å². The van der Waals surface area contributed by atoms with E-state index in [1.54, 1.807) is 0 Å². The van der Waals surface area contributed by atoms with Crippen LogP contribution in [0, 0.1) is 5.92 Å². The Morgan fingerprint density at radius 1 is 1.12 bits per heavy atom. The topological polar surface area (TPSA) is 124 Å². The van der Waals surface area contributed by atoms with E-state index in [1.165, 1.54) is 0 Å². The van der Waals surface area contributed by atoms with Crippen LogP contribution in [0.3, 0.4) is 0 Å². The lowest BCUT2D eigenvalue weighted by Gasteiger charge is -2.11. The zero-order chi connectivity index (χ0) is 12.6. The second kappa shape index (κ2) is 7.63. The van der Waals surface area contributed by atoms with Gasteiger partial charge in [-0.3, -0.25) is 14.4 Å². The van der Waals surface area contributed by atoms with Gasteiger partial charge in [-0.05, 0) is 6.42 Å². The van der Waals surface area contributed by atoms with Crippen molar-refractivity contribution in [2.45, 2.75) is 19.3 Å². The van der Waals surface area contributed by atoms with Crippen molar-refractivity contribution < 1.29 is 29.7 Å². The summed E-state index contributed by atoms with van der Waals surface area (Å²) in [5.74, 6) is -3.54. The number of hydrogen-bond acceptors (Lipinski definition) is 4. The lowest BCUT2D eigenvalue weighted by Crippen LogP contribution is -2.33. The first-order chi connectivity index (χ1) is 7.47. The van der Waals surface area contributed by atoms with Crippen molar-refractivity contribution in [2.24, 2.45) is 5.92 Å². The Balaban J connectivity index is 3.87. The summed E-state index contributed by atoms with van der Waals surface area (Å²) in [5, 5.41) is 27.9. The molecule has 7 heteroatoms. The molecule has 0 radical (unpaired) electrons. The van der Waals surface area contributed by atoms with Crippen LogP contribution in [-0.2, 0) is 14.4 Å². The molecule has 16 heavy (non-hydrogen) atoms. The molecule has 4 N–H and O–H groups in total. The van der Waals surface area contributed by atoms with Crippen LogP contribution < -0.4 is 5.32 Å². The van der Waals surface area contributed by atoms with Gasteiger partial charge in [-0.1, -0.05) is 0 Å². The van der Waals surface area contributed by atoms with E-state index >= 15 is 0 Å². The van der Waals surface area contributed by atoms with E-state index in [9.17, 15) is 14.4 Å². The molecule has 0 aromatic carbocycles. The molecular weight excluding hydrogens is 218 g/mol. The Hall–Kier alpha value is -1.63. The van der Waals surface area contributed by atoms with Crippen LogP contribution in [0.2, 0.25) is 0 Å². The number of carboxylic acids is 2. The van der Waals surface area contributed by atoms with Crippen LogP contribution in [0.5, 0.6) is 0 Å². The second-order valence-electron chi connectivity index (χ2n) is 3.25. The van der Waals surface area contributed by atoms with Crippen LogP contribution in [0.15, 0.2) is 0 Å². The fraction of sp³-hybridized carbons (Fsp3) is 0.667. The van der Waals surface area contributed by atoms with Gasteiger partial charge in [-0.25, -0.2) is 0 Å². The van der Waals surface area contributed by atoms with Crippen molar-refractivity contribution in [1.29, 1.82) is 0 Å². The summed E-state index contributed by atoms with van der Waals surface area (Å²) in [6.07, 6.45) is -0.418. The molecule has 0 aromatic rings. The first-order valence-electron chi connectivity index (χ1n) is 4.79. The van der Waals surface area contributed by atoms with Gasteiger partial charge in [-0.2, -0.15) is 0 Å². The summed E-state index contributed by atoms with van der Waals surface area (Å²) in [6.45, 7) is -0.379. The van der Waals surface area contributed by atoms with Gasteiger partial charge in [0.25, 0.3) is 0 Å². The number of carboxylic acid groups (broad SMARTS) is 2. The molecule has 0 fully saturated rings. The van der Waals surface area contributed by atoms with Gasteiger partial charge in [0.2, 0.25) is 5.91 Å². The highest BCUT2D eigenvalue weighted by atomic mass is 16.4. The maximum atomic E-state index is 11.0. The van der Waals surface area contributed by atoms with E-state index < -0.39 is 23.8 Å². The van der Waals surface area contributed by atoms with E-state index in [2.05, 4.69) is 5.32 Å². The molecule has 0 spiro atoms. The molecule has 0 aliphatic rings. The van der Waals surface area contributed by atoms with Gasteiger partial charge < -0.3 is 20.6 Å². The third kappa shape index (κ3) is 6.77. The predicted octanol–water partition coefficient (Wildman–Crippen LogP) is -0.949. The van der Waals surface area contributed by atoms with Crippen LogP contribution in [0.1, 0.15) is 19.3 Å². The molecule has 0 saturated carbocycles. The van der Waals surface area contributed by atoms with Gasteiger partial charge in [0, 0.05) is 19.6 Å². The van der Waals surface area contributed by atoms with E-state index in [0.29, 0.717) is 0 Å². The molecule has 92 valence electrons. The Morgan fingerprint density at radius 2 is 1.75 bits per heavy atom. The van der Waals surface area contributed by atoms with Crippen molar-refractivity contribution in [3.8, 4) is 0 Å². The zero-order valence-corrected chi connectivity index (χ0v) is 8.68. The number of carbonyl (C=O) groups excluding carboxylic acids is 1. The molecule has 0 saturated heterocycles. The zero-order valence-electron chi connectivity index (χ0n) is 8.68. The van der Waals surface area contributed by atoms with Crippen LogP contribution in [0.25, 0.3) is 0 Å². The average molecular weight is 233 g/mol. The number of nitrogens with one attached hydrogen (secondary N) is 1. The number of carbonyl (C=O) groups is 3. The molecule has 1 amide bonds. The smallest absolute Gasteiger partial charge is 0.308 e. The van der Waals surface area contributed by atoms with Crippen LogP contribution in [-0.4, -0.2) is 46.3 Å². The first kappa shape index (κ1) is 14.4. The van der Waals surface area contributed by atoms with Crippen LogP contribution >= 0.6 is 0 Å². The highest BCUT2D eigenvalue weighted by Gasteiger charge is 2.17. The van der Waals surface area contributed by atoms with E-state index in [0.717, 1.165) is 0 Å². The number of rotatable bonds is 8. The maximum Gasteiger partial charge on any atom is 0.308 e. The lowest BCUT2D eigenvalue weighted by atomic mass is 10.1. The van der Waals surface area contributed by atoms with Crippen molar-refractivity contribution in [1.82, 2.24) is 5.32 Å². The van der Waals surface area contributed by atoms with Gasteiger partial charge in [-0.15, -0.1) is 0 Å². The molecule has 0 aliphatic carbocycles. The molecule has 1 atom stereocenters. The summed E-state index contributed by atoms with van der Waals surface area (Å²) in [4.78, 5) is 31.8.